The van der Waals surface area contributed by atoms with E-state index in [9.17, 15) is 0 Å². The van der Waals surface area contributed by atoms with Crippen LogP contribution in [0.15, 0.2) is 22.3 Å². The predicted molar refractivity (Wildman–Crippen MR) is 88.2 cm³/mol. The first-order valence-electron chi connectivity index (χ1n) is 7.79. The van der Waals surface area contributed by atoms with Crippen LogP contribution < -0.4 is 4.90 Å². The molecule has 0 amide bonds. The third-order valence-corrected chi connectivity index (χ3v) is 4.41. The van der Waals surface area contributed by atoms with Crippen LogP contribution in [0, 0.1) is 0 Å². The highest BCUT2D eigenvalue weighted by atomic mass is 32.2. The van der Waals surface area contributed by atoms with E-state index in [0.717, 1.165) is 35.8 Å². The van der Waals surface area contributed by atoms with Gasteiger partial charge >= 0.3 is 0 Å². The van der Waals surface area contributed by atoms with Gasteiger partial charge < -0.3 is 18.6 Å². The van der Waals surface area contributed by atoms with Crippen LogP contribution in [0.25, 0.3) is 11.2 Å². The molecule has 0 spiro atoms. The number of nitrogens with zero attached hydrogens (tertiary/aromatic N) is 7. The van der Waals surface area contributed by atoms with Gasteiger partial charge in [0.25, 0.3) is 5.22 Å². The Bertz CT molecular complexity index is 828. The molecule has 0 radical (unpaired) electrons. The van der Waals surface area contributed by atoms with Gasteiger partial charge in [-0.25, -0.2) is 15.0 Å². The minimum Gasteiger partial charge on any atom is -0.414 e. The Labute approximate surface area is 142 Å². The second-order valence-electron chi connectivity index (χ2n) is 5.24. The van der Waals surface area contributed by atoms with Gasteiger partial charge in [0.1, 0.15) is 12.9 Å². The van der Waals surface area contributed by atoms with Crippen LogP contribution in [0.2, 0.25) is 0 Å². The lowest BCUT2D eigenvalue weighted by Gasteiger charge is -2.27. The van der Waals surface area contributed by atoms with Gasteiger partial charge in [-0.1, -0.05) is 18.7 Å². The van der Waals surface area contributed by atoms with Crippen molar-refractivity contribution in [2.24, 2.45) is 0 Å². The molecule has 0 N–H and O–H groups in total. The molecule has 1 aliphatic rings. The van der Waals surface area contributed by atoms with Crippen molar-refractivity contribution in [3.05, 3.63) is 18.5 Å². The van der Waals surface area contributed by atoms with Gasteiger partial charge in [-0.15, -0.1) is 10.2 Å². The topological polar surface area (TPSA) is 95.0 Å². The summed E-state index contributed by atoms with van der Waals surface area (Å²) >= 11 is 1.52. The van der Waals surface area contributed by atoms with Gasteiger partial charge in [-0.3, -0.25) is 0 Å². The maximum absolute atomic E-state index is 5.61. The Kier molecular flexibility index (Phi) is 4.30. The van der Waals surface area contributed by atoms with Crippen LogP contribution in [0.3, 0.4) is 0 Å². The lowest BCUT2D eigenvalue weighted by molar-refractivity contribution is 0.122. The normalized spacial score (nSPS) is 15.3. The number of hydrogen-bond donors (Lipinski definition) is 0. The van der Waals surface area contributed by atoms with Crippen molar-refractivity contribution < 1.29 is 9.15 Å². The third kappa shape index (κ3) is 2.94. The monoisotopic (exact) mass is 347 g/mol. The number of fused-ring (bicyclic) bond motifs is 1. The molecule has 0 aromatic carbocycles. The zero-order valence-corrected chi connectivity index (χ0v) is 14.1. The summed E-state index contributed by atoms with van der Waals surface area (Å²) in [6, 6.07) is 0. The standard InChI is InChI=1S/C14H17N7O2S/c1-2-24-14-19-18-10(23-14)7-21-9-17-11-12(15-8-16-13(11)21)20-3-5-22-6-4-20/h8-9H,2-7H2,1H3. The highest BCUT2D eigenvalue weighted by Crippen LogP contribution is 2.23. The molecule has 0 atom stereocenters. The van der Waals surface area contributed by atoms with E-state index in [1.54, 1.807) is 12.7 Å². The van der Waals surface area contributed by atoms with Crippen molar-refractivity contribution in [2.75, 3.05) is 37.0 Å². The quantitative estimate of drug-likeness (QED) is 0.631. The van der Waals surface area contributed by atoms with Crippen molar-refractivity contribution >= 4 is 28.7 Å². The van der Waals surface area contributed by atoms with Crippen molar-refractivity contribution in [2.45, 2.75) is 18.7 Å². The molecule has 24 heavy (non-hydrogen) atoms. The van der Waals surface area contributed by atoms with Gasteiger partial charge in [0.05, 0.1) is 19.5 Å². The number of hydrogen-bond acceptors (Lipinski definition) is 9. The minimum absolute atomic E-state index is 0.438. The number of thioether (sulfide) groups is 1. The van der Waals surface area contributed by atoms with E-state index < -0.39 is 0 Å². The SMILES string of the molecule is CCSc1nnc(Cn2cnc3c(N4CCOCC4)ncnc32)o1. The maximum Gasteiger partial charge on any atom is 0.276 e. The highest BCUT2D eigenvalue weighted by Gasteiger charge is 2.19. The fourth-order valence-electron chi connectivity index (χ4n) is 2.62. The number of anilines is 1. The number of ether oxygens (including phenoxy) is 1. The summed E-state index contributed by atoms with van der Waals surface area (Å²) in [7, 11) is 0. The number of aromatic nitrogens is 6. The highest BCUT2D eigenvalue weighted by molar-refractivity contribution is 7.99. The van der Waals surface area contributed by atoms with Gasteiger partial charge in [-0.2, -0.15) is 0 Å². The van der Waals surface area contributed by atoms with Crippen LogP contribution in [0.4, 0.5) is 5.82 Å². The Hall–Kier alpha value is -2.20. The molecule has 0 saturated carbocycles. The van der Waals surface area contributed by atoms with E-state index in [1.807, 2.05) is 11.5 Å². The molecule has 1 aliphatic heterocycles. The van der Waals surface area contributed by atoms with E-state index >= 15 is 0 Å². The van der Waals surface area contributed by atoms with Gasteiger partial charge in [0, 0.05) is 13.1 Å². The van der Waals surface area contributed by atoms with Gasteiger partial charge in [0.15, 0.2) is 17.0 Å². The predicted octanol–water partition coefficient (Wildman–Crippen LogP) is 1.21. The molecular weight excluding hydrogens is 330 g/mol. The number of morpholine rings is 1. The Morgan fingerprint density at radius 3 is 2.88 bits per heavy atom. The summed E-state index contributed by atoms with van der Waals surface area (Å²) in [6.45, 7) is 5.49. The maximum atomic E-state index is 5.61. The Balaban J connectivity index is 1.62. The van der Waals surface area contributed by atoms with Gasteiger partial charge in [0.2, 0.25) is 5.89 Å². The molecule has 3 aromatic rings. The van der Waals surface area contributed by atoms with Gasteiger partial charge in [-0.05, 0) is 5.75 Å². The molecule has 0 aliphatic carbocycles. The minimum atomic E-state index is 0.438. The summed E-state index contributed by atoms with van der Waals surface area (Å²) in [5, 5.41) is 8.67. The lowest BCUT2D eigenvalue weighted by atomic mass is 10.4. The van der Waals surface area contributed by atoms with Crippen molar-refractivity contribution in [3.63, 3.8) is 0 Å². The second kappa shape index (κ2) is 6.73. The molecule has 126 valence electrons. The zero-order chi connectivity index (χ0) is 16.4. The molecule has 1 saturated heterocycles. The van der Waals surface area contributed by atoms with Crippen LogP contribution in [0.5, 0.6) is 0 Å². The summed E-state index contributed by atoms with van der Waals surface area (Å²) in [4.78, 5) is 15.4. The summed E-state index contributed by atoms with van der Waals surface area (Å²) in [5.74, 6) is 2.28. The first-order chi connectivity index (χ1) is 11.8. The Morgan fingerprint density at radius 2 is 2.04 bits per heavy atom. The van der Waals surface area contributed by atoms with Crippen molar-refractivity contribution in [3.8, 4) is 0 Å². The van der Waals surface area contributed by atoms with Crippen LogP contribution >= 0.6 is 11.8 Å². The van der Waals surface area contributed by atoms with E-state index in [2.05, 4.69) is 30.0 Å². The van der Waals surface area contributed by atoms with Crippen molar-refractivity contribution in [1.82, 2.24) is 29.7 Å². The Morgan fingerprint density at radius 1 is 1.17 bits per heavy atom. The van der Waals surface area contributed by atoms with E-state index in [4.69, 9.17) is 9.15 Å². The van der Waals surface area contributed by atoms with Crippen LogP contribution in [0.1, 0.15) is 12.8 Å². The van der Waals surface area contributed by atoms with E-state index in [-0.39, 0.29) is 0 Å². The summed E-state index contributed by atoms with van der Waals surface area (Å²) in [6.07, 6.45) is 3.30. The largest absolute Gasteiger partial charge is 0.414 e. The smallest absolute Gasteiger partial charge is 0.276 e. The third-order valence-electron chi connectivity index (χ3n) is 3.71. The molecular formula is C14H17N7O2S. The first kappa shape index (κ1) is 15.3. The van der Waals surface area contributed by atoms with Crippen molar-refractivity contribution in [1.29, 1.82) is 0 Å². The summed E-state index contributed by atoms with van der Waals surface area (Å²) in [5.41, 5.74) is 1.54. The molecule has 3 aromatic heterocycles. The number of imidazole rings is 1. The second-order valence-corrected chi connectivity index (χ2v) is 6.45. The fourth-order valence-corrected chi connectivity index (χ4v) is 3.12. The lowest BCUT2D eigenvalue weighted by Crippen LogP contribution is -2.36. The molecule has 0 unspecified atom stereocenters. The molecule has 0 bridgehead atoms. The molecule has 4 heterocycles. The van der Waals surface area contributed by atoms with E-state index in [1.165, 1.54) is 11.8 Å². The first-order valence-corrected chi connectivity index (χ1v) is 8.77. The fraction of sp³-hybridized carbons (Fsp3) is 0.500. The van der Waals surface area contributed by atoms with Crippen LogP contribution in [-0.4, -0.2) is 61.8 Å². The average Bonchev–Trinajstić information content (AvgIpc) is 3.24. The summed E-state index contributed by atoms with van der Waals surface area (Å²) < 4.78 is 12.9. The van der Waals surface area contributed by atoms with E-state index in [0.29, 0.717) is 30.9 Å². The molecule has 9 nitrogen and oxygen atoms in total. The van der Waals surface area contributed by atoms with Crippen LogP contribution in [-0.2, 0) is 11.3 Å². The molecule has 4 rings (SSSR count). The number of rotatable bonds is 5. The average molecular weight is 347 g/mol. The molecule has 10 heteroatoms. The molecule has 1 fully saturated rings. The zero-order valence-electron chi connectivity index (χ0n) is 13.3.